The average molecular weight is 378 g/mol. The fraction of sp³-hybridized carbons (Fsp3) is 0.200. The molecule has 28 heavy (non-hydrogen) atoms. The number of carbonyl (C=O) groups excluding carboxylic acids is 1. The Morgan fingerprint density at radius 1 is 1.18 bits per heavy atom. The maximum Gasteiger partial charge on any atom is 0.420 e. The Morgan fingerprint density at radius 2 is 1.93 bits per heavy atom. The van der Waals surface area contributed by atoms with Crippen LogP contribution in [0.15, 0.2) is 62.3 Å². The van der Waals surface area contributed by atoms with E-state index in [4.69, 9.17) is 8.94 Å². The van der Waals surface area contributed by atoms with Gasteiger partial charge in [0.15, 0.2) is 5.58 Å². The van der Waals surface area contributed by atoms with Gasteiger partial charge in [-0.1, -0.05) is 41.6 Å². The lowest BCUT2D eigenvalue weighted by molar-refractivity contribution is -0.124. The number of amides is 1. The van der Waals surface area contributed by atoms with Crippen LogP contribution in [0.1, 0.15) is 24.4 Å². The fourth-order valence-electron chi connectivity index (χ4n) is 2.99. The summed E-state index contributed by atoms with van der Waals surface area (Å²) in [5.74, 6) is 0.199. The van der Waals surface area contributed by atoms with Crippen molar-refractivity contribution in [3.05, 3.63) is 70.5 Å². The lowest BCUT2D eigenvalue weighted by Crippen LogP contribution is -2.34. The molecule has 0 aliphatic rings. The molecule has 4 aromatic rings. The monoisotopic (exact) mass is 378 g/mol. The first kappa shape index (κ1) is 17.7. The minimum atomic E-state index is -0.697. The molecule has 0 spiro atoms. The predicted octanol–water partition coefficient (Wildman–Crippen LogP) is 2.83. The number of aryl methyl sites for hydroxylation is 1. The summed E-state index contributed by atoms with van der Waals surface area (Å²) in [6.07, 6.45) is 0. The van der Waals surface area contributed by atoms with Crippen molar-refractivity contribution in [1.29, 1.82) is 0 Å². The molecule has 1 amide bonds. The molecule has 1 atom stereocenters. The number of fused-ring (bicyclic) bond motifs is 1. The topological polar surface area (TPSA) is 103 Å². The summed E-state index contributed by atoms with van der Waals surface area (Å²) in [7, 11) is 0. The molecule has 0 fully saturated rings. The summed E-state index contributed by atoms with van der Waals surface area (Å²) in [5, 5.41) is 6.73. The van der Waals surface area contributed by atoms with Gasteiger partial charge < -0.3 is 14.3 Å². The van der Waals surface area contributed by atoms with Gasteiger partial charge in [0.2, 0.25) is 17.6 Å². The van der Waals surface area contributed by atoms with Crippen molar-refractivity contribution in [1.82, 2.24) is 20.0 Å². The Hall–Kier alpha value is -3.68. The molecule has 2 aromatic heterocycles. The molecular weight excluding hydrogens is 360 g/mol. The van der Waals surface area contributed by atoms with Crippen LogP contribution >= 0.6 is 0 Å². The zero-order chi connectivity index (χ0) is 19.7. The smallest absolute Gasteiger partial charge is 0.408 e. The highest BCUT2D eigenvalue weighted by Crippen LogP contribution is 2.18. The van der Waals surface area contributed by atoms with Gasteiger partial charge in [0.25, 0.3) is 0 Å². The van der Waals surface area contributed by atoms with E-state index in [1.54, 1.807) is 38.1 Å². The number of benzene rings is 2. The van der Waals surface area contributed by atoms with Crippen LogP contribution in [-0.2, 0) is 11.3 Å². The average Bonchev–Trinajstić information content (AvgIpc) is 3.28. The van der Waals surface area contributed by atoms with Crippen LogP contribution in [0.3, 0.4) is 0 Å². The van der Waals surface area contributed by atoms with Gasteiger partial charge in [0.05, 0.1) is 5.52 Å². The van der Waals surface area contributed by atoms with Gasteiger partial charge in [-0.15, -0.1) is 0 Å². The van der Waals surface area contributed by atoms with Gasteiger partial charge in [-0.3, -0.25) is 9.36 Å². The van der Waals surface area contributed by atoms with Crippen LogP contribution in [0.4, 0.5) is 0 Å². The first-order valence-corrected chi connectivity index (χ1v) is 8.80. The molecule has 0 unspecified atom stereocenters. The lowest BCUT2D eigenvalue weighted by atomic mass is 10.1. The van der Waals surface area contributed by atoms with E-state index in [9.17, 15) is 9.59 Å². The first-order chi connectivity index (χ1) is 13.5. The molecule has 1 N–H and O–H groups in total. The van der Waals surface area contributed by atoms with Crippen LogP contribution in [0.5, 0.6) is 0 Å². The summed E-state index contributed by atoms with van der Waals surface area (Å²) < 4.78 is 11.5. The van der Waals surface area contributed by atoms with E-state index in [1.807, 2.05) is 24.3 Å². The number of hydrogen-bond acceptors (Lipinski definition) is 6. The number of nitrogens with one attached hydrogen (secondary N) is 1. The molecule has 0 aliphatic heterocycles. The Kier molecular flexibility index (Phi) is 4.52. The SMILES string of the molecule is Cc1nc(-c2ccc(CNC(=O)[C@@H](C)n3c(=O)oc4ccccc43)cc2)no1. The molecule has 0 radical (unpaired) electrons. The van der Waals surface area contributed by atoms with Gasteiger partial charge >= 0.3 is 5.76 Å². The maximum absolute atomic E-state index is 12.6. The molecule has 2 heterocycles. The summed E-state index contributed by atoms with van der Waals surface area (Å²) in [6.45, 7) is 3.73. The number of carbonyl (C=O) groups is 1. The molecule has 0 aliphatic carbocycles. The van der Waals surface area contributed by atoms with E-state index < -0.39 is 11.8 Å². The van der Waals surface area contributed by atoms with Gasteiger partial charge in [0, 0.05) is 19.0 Å². The lowest BCUT2D eigenvalue weighted by Gasteiger charge is -2.13. The first-order valence-electron chi connectivity index (χ1n) is 8.80. The highest BCUT2D eigenvalue weighted by atomic mass is 16.5. The number of hydrogen-bond donors (Lipinski definition) is 1. The molecule has 0 saturated heterocycles. The molecule has 4 rings (SSSR count). The van der Waals surface area contributed by atoms with Crippen molar-refractivity contribution in [2.75, 3.05) is 0 Å². The Labute approximate surface area is 159 Å². The number of rotatable bonds is 5. The third-order valence-electron chi connectivity index (χ3n) is 4.49. The number of para-hydroxylation sites is 2. The normalized spacial score (nSPS) is 12.2. The highest BCUT2D eigenvalue weighted by molar-refractivity contribution is 5.82. The van der Waals surface area contributed by atoms with E-state index in [0.717, 1.165) is 11.1 Å². The summed E-state index contributed by atoms with van der Waals surface area (Å²) in [5.41, 5.74) is 2.79. The third kappa shape index (κ3) is 3.32. The van der Waals surface area contributed by atoms with Crippen LogP contribution in [0.2, 0.25) is 0 Å². The summed E-state index contributed by atoms with van der Waals surface area (Å²) in [6, 6.07) is 13.8. The van der Waals surface area contributed by atoms with E-state index in [1.165, 1.54) is 4.57 Å². The van der Waals surface area contributed by atoms with Crippen LogP contribution < -0.4 is 11.1 Å². The van der Waals surface area contributed by atoms with Crippen LogP contribution in [-0.4, -0.2) is 20.6 Å². The van der Waals surface area contributed by atoms with Crippen molar-refractivity contribution in [3.8, 4) is 11.4 Å². The van der Waals surface area contributed by atoms with E-state index >= 15 is 0 Å². The zero-order valence-corrected chi connectivity index (χ0v) is 15.4. The molecule has 0 bridgehead atoms. The zero-order valence-electron chi connectivity index (χ0n) is 15.4. The van der Waals surface area contributed by atoms with E-state index in [0.29, 0.717) is 29.4 Å². The second kappa shape index (κ2) is 7.15. The summed E-state index contributed by atoms with van der Waals surface area (Å²) >= 11 is 0. The molecule has 2 aromatic carbocycles. The number of aromatic nitrogens is 3. The van der Waals surface area contributed by atoms with Crippen molar-refractivity contribution in [2.45, 2.75) is 26.4 Å². The van der Waals surface area contributed by atoms with Crippen molar-refractivity contribution >= 4 is 17.0 Å². The second-order valence-corrected chi connectivity index (χ2v) is 6.43. The van der Waals surface area contributed by atoms with E-state index in [2.05, 4.69) is 15.5 Å². The number of oxazole rings is 1. The molecule has 142 valence electrons. The largest absolute Gasteiger partial charge is 0.420 e. The second-order valence-electron chi connectivity index (χ2n) is 6.43. The van der Waals surface area contributed by atoms with Crippen molar-refractivity contribution in [3.63, 3.8) is 0 Å². The van der Waals surface area contributed by atoms with Gasteiger partial charge in [-0.05, 0) is 24.6 Å². The standard InChI is InChI=1S/C20H18N4O4/c1-12(24-16-5-3-4-6-17(16)27-20(24)26)19(25)21-11-14-7-9-15(10-8-14)18-22-13(2)28-23-18/h3-10,12H,11H2,1-2H3,(H,21,25)/t12-/m1/s1. The third-order valence-corrected chi connectivity index (χ3v) is 4.49. The van der Waals surface area contributed by atoms with Crippen molar-refractivity contribution in [2.24, 2.45) is 0 Å². The Bertz CT molecular complexity index is 1190. The molecule has 8 heteroatoms. The Balaban J connectivity index is 1.45. The molecule has 0 saturated carbocycles. The van der Waals surface area contributed by atoms with Gasteiger partial charge in [0.1, 0.15) is 6.04 Å². The minimum Gasteiger partial charge on any atom is -0.408 e. The predicted molar refractivity (Wildman–Crippen MR) is 102 cm³/mol. The number of nitrogens with zero attached hydrogens (tertiary/aromatic N) is 3. The minimum absolute atomic E-state index is 0.272. The van der Waals surface area contributed by atoms with Crippen LogP contribution in [0.25, 0.3) is 22.5 Å². The van der Waals surface area contributed by atoms with Gasteiger partial charge in [-0.25, -0.2) is 4.79 Å². The van der Waals surface area contributed by atoms with Gasteiger partial charge in [-0.2, -0.15) is 4.98 Å². The Morgan fingerprint density at radius 3 is 2.64 bits per heavy atom. The van der Waals surface area contributed by atoms with Crippen LogP contribution in [0, 0.1) is 6.92 Å². The summed E-state index contributed by atoms with van der Waals surface area (Å²) in [4.78, 5) is 28.9. The highest BCUT2D eigenvalue weighted by Gasteiger charge is 2.20. The maximum atomic E-state index is 12.6. The van der Waals surface area contributed by atoms with E-state index in [-0.39, 0.29) is 5.91 Å². The quantitative estimate of drug-likeness (QED) is 0.573. The van der Waals surface area contributed by atoms with Crippen molar-refractivity contribution < 1.29 is 13.7 Å². The molecule has 8 nitrogen and oxygen atoms in total. The fourth-order valence-corrected chi connectivity index (χ4v) is 2.99. The molecular formula is C20H18N4O4.